The minimum Gasteiger partial charge on any atom is -0.480 e. The van der Waals surface area contributed by atoms with E-state index in [0.717, 1.165) is 16.7 Å². The molecule has 0 saturated carbocycles. The monoisotopic (exact) mass is 403 g/mol. The minimum absolute atomic E-state index is 0.0730. The molecule has 1 aliphatic rings. The summed E-state index contributed by atoms with van der Waals surface area (Å²) in [6.45, 7) is 0.0730. The number of hydrogen-bond acceptors (Lipinski definition) is 4. The van der Waals surface area contributed by atoms with Crippen LogP contribution >= 0.6 is 35.0 Å². The van der Waals surface area contributed by atoms with Crippen molar-refractivity contribution in [2.24, 2.45) is 0 Å². The summed E-state index contributed by atoms with van der Waals surface area (Å²) in [7, 11) is 0. The van der Waals surface area contributed by atoms with Gasteiger partial charge < -0.3 is 4.74 Å². The van der Waals surface area contributed by atoms with Gasteiger partial charge in [-0.25, -0.2) is 4.90 Å². The van der Waals surface area contributed by atoms with Crippen LogP contribution in [0.4, 0.5) is 10.5 Å². The number of halogens is 2. The summed E-state index contributed by atoms with van der Waals surface area (Å²) in [4.78, 5) is 26.4. The lowest BCUT2D eigenvalue weighted by Crippen LogP contribution is -2.27. The zero-order valence-electron chi connectivity index (χ0n) is 13.2. The second-order valence-corrected chi connectivity index (χ2v) is 6.98. The molecule has 0 aliphatic carbocycles. The lowest BCUT2D eigenvalue weighted by molar-refractivity contribution is -0.113. The number of benzene rings is 2. The molecular weight excluding hydrogens is 393 g/mol. The normalized spacial score (nSPS) is 15.4. The molecule has 3 rings (SSSR count). The third-order valence-electron chi connectivity index (χ3n) is 3.46. The Labute approximate surface area is 164 Å². The molecule has 1 fully saturated rings. The van der Waals surface area contributed by atoms with Crippen LogP contribution in [0.25, 0.3) is 6.08 Å². The van der Waals surface area contributed by atoms with Gasteiger partial charge in [-0.1, -0.05) is 41.3 Å². The van der Waals surface area contributed by atoms with E-state index in [1.807, 2.05) is 0 Å². The van der Waals surface area contributed by atoms with Gasteiger partial charge in [0.1, 0.15) is 12.4 Å². The first kappa shape index (κ1) is 18.4. The minimum atomic E-state index is -0.462. The quantitative estimate of drug-likeness (QED) is 0.516. The van der Waals surface area contributed by atoms with Gasteiger partial charge in [0, 0.05) is 10.6 Å². The van der Waals surface area contributed by atoms with Crippen molar-refractivity contribution in [3.05, 3.63) is 63.0 Å². The summed E-state index contributed by atoms with van der Waals surface area (Å²) < 4.78 is 5.46. The molecule has 0 N–H and O–H groups in total. The summed E-state index contributed by atoms with van der Waals surface area (Å²) in [6.07, 6.45) is 6.77. The average molecular weight is 404 g/mol. The molecule has 4 nitrogen and oxygen atoms in total. The highest BCUT2D eigenvalue weighted by Gasteiger charge is 2.37. The molecule has 2 aromatic rings. The van der Waals surface area contributed by atoms with Crippen LogP contribution in [0.3, 0.4) is 0 Å². The molecule has 1 heterocycles. The van der Waals surface area contributed by atoms with E-state index in [-0.39, 0.29) is 11.5 Å². The Morgan fingerprint density at radius 2 is 1.96 bits per heavy atom. The Morgan fingerprint density at radius 3 is 2.69 bits per heavy atom. The topological polar surface area (TPSA) is 46.6 Å². The summed E-state index contributed by atoms with van der Waals surface area (Å²) >= 11 is 13.0. The number of imide groups is 1. The molecule has 0 aromatic heterocycles. The maximum Gasteiger partial charge on any atom is 0.298 e. The highest BCUT2D eigenvalue weighted by Crippen LogP contribution is 2.39. The first-order valence-corrected chi connectivity index (χ1v) is 8.97. The van der Waals surface area contributed by atoms with Gasteiger partial charge in [-0.2, -0.15) is 0 Å². The Morgan fingerprint density at radius 1 is 1.19 bits per heavy atom. The standard InChI is InChI=1S/C19H11Cl2NO3S/c1-2-9-25-16-8-7-13(20)10-12(16)11-17-18(23)22(19(24)26-17)15-6-4-3-5-14(15)21/h1,3-8,10-11H,9H2/b17-11-. The van der Waals surface area contributed by atoms with Crippen molar-refractivity contribution in [3.63, 3.8) is 0 Å². The Kier molecular flexibility index (Phi) is 5.58. The Bertz CT molecular complexity index is 965. The van der Waals surface area contributed by atoms with E-state index in [9.17, 15) is 9.59 Å². The molecule has 0 atom stereocenters. The third-order valence-corrected chi connectivity index (χ3v) is 4.88. The van der Waals surface area contributed by atoms with Gasteiger partial charge in [-0.3, -0.25) is 9.59 Å². The van der Waals surface area contributed by atoms with Crippen LogP contribution in [-0.4, -0.2) is 17.8 Å². The van der Waals surface area contributed by atoms with Gasteiger partial charge in [0.25, 0.3) is 11.1 Å². The predicted octanol–water partition coefficient (Wildman–Crippen LogP) is 5.25. The van der Waals surface area contributed by atoms with Crippen molar-refractivity contribution in [1.82, 2.24) is 0 Å². The molecule has 2 aromatic carbocycles. The number of carbonyl (C=O) groups is 2. The van der Waals surface area contributed by atoms with Gasteiger partial charge in [-0.05, 0) is 48.2 Å². The number of carbonyl (C=O) groups excluding carboxylic acids is 2. The first-order chi connectivity index (χ1) is 12.5. The Balaban J connectivity index is 1.98. The van der Waals surface area contributed by atoms with E-state index in [0.29, 0.717) is 27.0 Å². The lowest BCUT2D eigenvalue weighted by Gasteiger charge is -2.13. The van der Waals surface area contributed by atoms with E-state index < -0.39 is 11.1 Å². The zero-order chi connectivity index (χ0) is 18.7. The lowest BCUT2D eigenvalue weighted by atomic mass is 10.1. The maximum absolute atomic E-state index is 12.7. The third kappa shape index (κ3) is 3.73. The van der Waals surface area contributed by atoms with Gasteiger partial charge in [0.2, 0.25) is 0 Å². The van der Waals surface area contributed by atoms with Crippen LogP contribution in [0.15, 0.2) is 47.4 Å². The number of ether oxygens (including phenoxy) is 1. The summed E-state index contributed by atoms with van der Waals surface area (Å²) in [5.74, 6) is 2.38. The smallest absolute Gasteiger partial charge is 0.298 e. The molecular formula is C19H11Cl2NO3S. The van der Waals surface area contributed by atoms with Crippen molar-refractivity contribution in [2.75, 3.05) is 11.5 Å². The number of nitrogens with zero attached hydrogens (tertiary/aromatic N) is 1. The van der Waals surface area contributed by atoms with Crippen LogP contribution in [0.5, 0.6) is 5.75 Å². The molecule has 0 bridgehead atoms. The molecule has 26 heavy (non-hydrogen) atoms. The Hall–Kier alpha value is -2.39. The average Bonchev–Trinajstić information content (AvgIpc) is 2.88. The van der Waals surface area contributed by atoms with Gasteiger partial charge in [0.05, 0.1) is 15.6 Å². The number of rotatable bonds is 4. The van der Waals surface area contributed by atoms with Crippen molar-refractivity contribution in [3.8, 4) is 18.1 Å². The molecule has 0 unspecified atom stereocenters. The molecule has 1 saturated heterocycles. The van der Waals surface area contributed by atoms with Gasteiger partial charge in [0.15, 0.2) is 0 Å². The fourth-order valence-corrected chi connectivity index (χ4v) is 3.56. The van der Waals surface area contributed by atoms with Gasteiger partial charge in [-0.15, -0.1) is 6.42 Å². The van der Waals surface area contributed by atoms with Crippen molar-refractivity contribution in [1.29, 1.82) is 0 Å². The van der Waals surface area contributed by atoms with Crippen LogP contribution < -0.4 is 9.64 Å². The zero-order valence-corrected chi connectivity index (χ0v) is 15.6. The van der Waals surface area contributed by atoms with E-state index in [1.54, 1.807) is 48.5 Å². The number of thioether (sulfide) groups is 1. The number of anilines is 1. The van der Waals surface area contributed by atoms with Crippen LogP contribution in [0, 0.1) is 12.3 Å². The highest BCUT2D eigenvalue weighted by atomic mass is 35.5. The highest BCUT2D eigenvalue weighted by molar-refractivity contribution is 8.19. The molecule has 0 radical (unpaired) electrons. The van der Waals surface area contributed by atoms with Crippen LogP contribution in [0.1, 0.15) is 5.56 Å². The van der Waals surface area contributed by atoms with E-state index in [1.165, 1.54) is 0 Å². The predicted molar refractivity (Wildman–Crippen MR) is 106 cm³/mol. The molecule has 130 valence electrons. The summed E-state index contributed by atoms with van der Waals surface area (Å²) in [5, 5.41) is 0.356. The fraction of sp³-hybridized carbons (Fsp3) is 0.0526. The number of amides is 2. The first-order valence-electron chi connectivity index (χ1n) is 7.39. The summed E-state index contributed by atoms with van der Waals surface area (Å²) in [6, 6.07) is 11.6. The van der Waals surface area contributed by atoms with E-state index in [2.05, 4.69) is 5.92 Å². The SMILES string of the molecule is C#CCOc1ccc(Cl)cc1/C=C1\SC(=O)N(c2ccccc2Cl)C1=O. The van der Waals surface area contributed by atoms with Crippen molar-refractivity contribution >= 4 is 57.9 Å². The second-order valence-electron chi connectivity index (χ2n) is 5.14. The maximum atomic E-state index is 12.7. The fourth-order valence-electron chi connectivity index (χ4n) is 2.33. The van der Waals surface area contributed by atoms with E-state index in [4.69, 9.17) is 34.4 Å². The number of hydrogen-bond donors (Lipinski definition) is 0. The molecule has 2 amide bonds. The van der Waals surface area contributed by atoms with E-state index >= 15 is 0 Å². The number of para-hydroxylation sites is 1. The molecule has 1 aliphatic heterocycles. The largest absolute Gasteiger partial charge is 0.480 e. The molecule has 7 heteroatoms. The van der Waals surface area contributed by atoms with Crippen LogP contribution in [-0.2, 0) is 4.79 Å². The van der Waals surface area contributed by atoms with Gasteiger partial charge >= 0.3 is 0 Å². The van der Waals surface area contributed by atoms with Crippen molar-refractivity contribution in [2.45, 2.75) is 0 Å². The second kappa shape index (κ2) is 7.88. The number of terminal acetylenes is 1. The van der Waals surface area contributed by atoms with Crippen LogP contribution in [0.2, 0.25) is 10.0 Å². The van der Waals surface area contributed by atoms with Crippen molar-refractivity contribution < 1.29 is 14.3 Å². The molecule has 0 spiro atoms. The summed E-state index contributed by atoms with van der Waals surface area (Å²) in [5.41, 5.74) is 0.896.